The van der Waals surface area contributed by atoms with Crippen molar-refractivity contribution < 1.29 is 9.72 Å². The number of hydrogen-bond donors (Lipinski definition) is 2. The van der Waals surface area contributed by atoms with Crippen LogP contribution in [-0.4, -0.2) is 16.9 Å². The van der Waals surface area contributed by atoms with Gasteiger partial charge in [-0.25, -0.2) is 0 Å². The molecule has 3 N–H and O–H groups in total. The van der Waals surface area contributed by atoms with Crippen LogP contribution < -0.4 is 11.1 Å². The standard InChI is InChI=1S/C14H15N3O3S/c1-9(6-10-4-5-21-8-10)16-12-3-2-11(14(15)18)7-13(12)17(19)20/h2-5,7-9,16H,6H2,1H3,(H2,15,18). The number of hydrogen-bond acceptors (Lipinski definition) is 5. The zero-order valence-electron chi connectivity index (χ0n) is 11.4. The van der Waals surface area contributed by atoms with Gasteiger partial charge in [0.05, 0.1) is 4.92 Å². The lowest BCUT2D eigenvalue weighted by atomic mass is 10.1. The molecule has 0 aliphatic rings. The summed E-state index contributed by atoms with van der Waals surface area (Å²) in [5, 5.41) is 18.3. The van der Waals surface area contributed by atoms with Crippen molar-refractivity contribution >= 4 is 28.6 Å². The number of anilines is 1. The van der Waals surface area contributed by atoms with Crippen molar-refractivity contribution in [3.05, 3.63) is 56.3 Å². The monoisotopic (exact) mass is 305 g/mol. The third-order valence-electron chi connectivity index (χ3n) is 3.00. The number of carbonyl (C=O) groups is 1. The van der Waals surface area contributed by atoms with E-state index in [1.807, 2.05) is 23.8 Å². The topological polar surface area (TPSA) is 98.3 Å². The van der Waals surface area contributed by atoms with Crippen LogP contribution >= 0.6 is 11.3 Å². The molecule has 1 aromatic carbocycles. The molecule has 0 aliphatic heterocycles. The van der Waals surface area contributed by atoms with Gasteiger partial charge in [0.2, 0.25) is 5.91 Å². The maximum atomic E-state index is 11.1. The van der Waals surface area contributed by atoms with Crippen LogP contribution in [0.25, 0.3) is 0 Å². The van der Waals surface area contributed by atoms with Gasteiger partial charge < -0.3 is 11.1 Å². The Morgan fingerprint density at radius 2 is 2.24 bits per heavy atom. The molecule has 0 radical (unpaired) electrons. The van der Waals surface area contributed by atoms with Crippen molar-refractivity contribution in [1.82, 2.24) is 0 Å². The van der Waals surface area contributed by atoms with E-state index in [9.17, 15) is 14.9 Å². The van der Waals surface area contributed by atoms with Crippen LogP contribution in [0, 0.1) is 10.1 Å². The molecule has 1 heterocycles. The SMILES string of the molecule is CC(Cc1ccsc1)Nc1ccc(C(N)=O)cc1[N+](=O)[O-]. The first-order valence-corrected chi connectivity index (χ1v) is 7.27. The van der Waals surface area contributed by atoms with Gasteiger partial charge in [0, 0.05) is 17.7 Å². The highest BCUT2D eigenvalue weighted by Crippen LogP contribution is 2.26. The number of rotatable bonds is 6. The molecule has 110 valence electrons. The number of benzene rings is 1. The molecule has 0 spiro atoms. The molecular formula is C14H15N3O3S. The summed E-state index contributed by atoms with van der Waals surface area (Å²) in [5.74, 6) is -0.684. The van der Waals surface area contributed by atoms with Gasteiger partial charge in [-0.15, -0.1) is 0 Å². The predicted octanol–water partition coefficient (Wildman–Crippen LogP) is 2.80. The Kier molecular flexibility index (Phi) is 4.54. The molecule has 1 atom stereocenters. The van der Waals surface area contributed by atoms with Gasteiger partial charge in [-0.2, -0.15) is 11.3 Å². The average molecular weight is 305 g/mol. The van der Waals surface area contributed by atoms with Crippen molar-refractivity contribution in [3.8, 4) is 0 Å². The number of amides is 1. The highest BCUT2D eigenvalue weighted by atomic mass is 32.1. The van der Waals surface area contributed by atoms with E-state index in [1.54, 1.807) is 11.3 Å². The number of nitro benzene ring substituents is 1. The maximum absolute atomic E-state index is 11.1. The van der Waals surface area contributed by atoms with Gasteiger partial charge in [0.1, 0.15) is 5.69 Å². The summed E-state index contributed by atoms with van der Waals surface area (Å²) in [6.45, 7) is 1.95. The van der Waals surface area contributed by atoms with Gasteiger partial charge >= 0.3 is 0 Å². The fraction of sp³-hybridized carbons (Fsp3) is 0.214. The summed E-state index contributed by atoms with van der Waals surface area (Å²) >= 11 is 1.61. The quantitative estimate of drug-likeness (QED) is 0.633. The molecule has 6 nitrogen and oxygen atoms in total. The van der Waals surface area contributed by atoms with E-state index in [0.29, 0.717) is 5.69 Å². The summed E-state index contributed by atoms with van der Waals surface area (Å²) in [4.78, 5) is 21.7. The van der Waals surface area contributed by atoms with Gasteiger partial charge in [0.25, 0.3) is 5.69 Å². The minimum atomic E-state index is -0.684. The van der Waals surface area contributed by atoms with E-state index in [-0.39, 0.29) is 17.3 Å². The Bertz CT molecular complexity index is 655. The van der Waals surface area contributed by atoms with E-state index >= 15 is 0 Å². The van der Waals surface area contributed by atoms with Crippen molar-refractivity contribution in [2.75, 3.05) is 5.32 Å². The molecule has 2 rings (SSSR count). The molecule has 0 fully saturated rings. The molecule has 0 saturated carbocycles. The molecule has 7 heteroatoms. The smallest absolute Gasteiger partial charge is 0.293 e. The van der Waals surface area contributed by atoms with Gasteiger partial charge in [0.15, 0.2) is 0 Å². The molecule has 0 saturated heterocycles. The van der Waals surface area contributed by atoms with E-state index in [2.05, 4.69) is 5.32 Å². The van der Waals surface area contributed by atoms with Gasteiger partial charge in [-0.3, -0.25) is 14.9 Å². The van der Waals surface area contributed by atoms with E-state index < -0.39 is 10.8 Å². The van der Waals surface area contributed by atoms with Crippen LogP contribution in [0.4, 0.5) is 11.4 Å². The van der Waals surface area contributed by atoms with Crippen LogP contribution in [0.5, 0.6) is 0 Å². The van der Waals surface area contributed by atoms with Crippen LogP contribution in [0.15, 0.2) is 35.0 Å². The fourth-order valence-corrected chi connectivity index (χ4v) is 2.72. The fourth-order valence-electron chi connectivity index (χ4n) is 2.04. The number of primary amides is 1. The second-order valence-electron chi connectivity index (χ2n) is 4.73. The summed E-state index contributed by atoms with van der Waals surface area (Å²) < 4.78 is 0. The summed E-state index contributed by atoms with van der Waals surface area (Å²) in [5.41, 5.74) is 6.68. The second kappa shape index (κ2) is 6.36. The molecule has 0 aliphatic carbocycles. The average Bonchev–Trinajstić information content (AvgIpc) is 2.91. The zero-order chi connectivity index (χ0) is 15.4. The van der Waals surface area contributed by atoms with Crippen LogP contribution in [0.2, 0.25) is 0 Å². The predicted molar refractivity (Wildman–Crippen MR) is 82.7 cm³/mol. The van der Waals surface area contributed by atoms with E-state index in [0.717, 1.165) is 6.42 Å². The van der Waals surface area contributed by atoms with Crippen molar-refractivity contribution in [2.24, 2.45) is 5.73 Å². The molecular weight excluding hydrogens is 290 g/mol. The molecule has 0 bridgehead atoms. The third kappa shape index (κ3) is 3.79. The Morgan fingerprint density at radius 3 is 2.81 bits per heavy atom. The number of nitro groups is 1. The van der Waals surface area contributed by atoms with Crippen molar-refractivity contribution in [2.45, 2.75) is 19.4 Å². The summed E-state index contributed by atoms with van der Waals surface area (Å²) in [6, 6.07) is 6.24. The largest absolute Gasteiger partial charge is 0.377 e. The van der Waals surface area contributed by atoms with E-state index in [4.69, 9.17) is 5.73 Å². The van der Waals surface area contributed by atoms with Crippen LogP contribution in [-0.2, 0) is 6.42 Å². The highest BCUT2D eigenvalue weighted by Gasteiger charge is 2.18. The lowest BCUT2D eigenvalue weighted by molar-refractivity contribution is -0.384. The minimum absolute atomic E-state index is 0.0257. The first-order valence-electron chi connectivity index (χ1n) is 6.33. The zero-order valence-corrected chi connectivity index (χ0v) is 12.2. The first-order chi connectivity index (χ1) is 9.97. The molecule has 2 aromatic rings. The normalized spacial score (nSPS) is 11.9. The molecule has 1 unspecified atom stereocenters. The maximum Gasteiger partial charge on any atom is 0.293 e. The second-order valence-corrected chi connectivity index (χ2v) is 5.51. The highest BCUT2D eigenvalue weighted by molar-refractivity contribution is 7.07. The number of nitrogens with zero attached hydrogens (tertiary/aromatic N) is 1. The van der Waals surface area contributed by atoms with Crippen LogP contribution in [0.1, 0.15) is 22.8 Å². The molecule has 1 aromatic heterocycles. The lowest BCUT2D eigenvalue weighted by Crippen LogP contribution is -2.19. The number of nitrogens with two attached hydrogens (primary N) is 1. The van der Waals surface area contributed by atoms with Gasteiger partial charge in [-0.05, 0) is 47.9 Å². The molecule has 1 amide bonds. The Hall–Kier alpha value is -2.41. The molecule has 21 heavy (non-hydrogen) atoms. The third-order valence-corrected chi connectivity index (χ3v) is 3.73. The number of nitrogens with one attached hydrogen (secondary N) is 1. The Labute approximate surface area is 125 Å². The van der Waals surface area contributed by atoms with Crippen LogP contribution in [0.3, 0.4) is 0 Å². The summed E-state index contributed by atoms with van der Waals surface area (Å²) in [7, 11) is 0. The van der Waals surface area contributed by atoms with E-state index in [1.165, 1.54) is 23.8 Å². The number of thiophene rings is 1. The van der Waals surface area contributed by atoms with Gasteiger partial charge in [-0.1, -0.05) is 0 Å². The Morgan fingerprint density at radius 1 is 1.48 bits per heavy atom. The van der Waals surface area contributed by atoms with Crippen molar-refractivity contribution in [1.29, 1.82) is 0 Å². The number of carbonyl (C=O) groups excluding carboxylic acids is 1. The lowest BCUT2D eigenvalue weighted by Gasteiger charge is -2.15. The van der Waals surface area contributed by atoms with Crippen molar-refractivity contribution in [3.63, 3.8) is 0 Å². The summed E-state index contributed by atoms with van der Waals surface area (Å²) in [6.07, 6.45) is 0.762. The first kappa shape index (κ1) is 15.0. The Balaban J connectivity index is 2.18. The minimum Gasteiger partial charge on any atom is -0.377 e.